The summed E-state index contributed by atoms with van der Waals surface area (Å²) in [6, 6.07) is 7.50. The highest BCUT2D eigenvalue weighted by atomic mass is 16.1. The number of carbonyl (C=O) groups is 1. The van der Waals surface area contributed by atoms with Crippen molar-refractivity contribution in [3.8, 4) is 11.3 Å². The van der Waals surface area contributed by atoms with Crippen molar-refractivity contribution in [3.05, 3.63) is 41.9 Å². The molecule has 3 nitrogen and oxygen atoms in total. The highest BCUT2D eigenvalue weighted by Crippen LogP contribution is 2.19. The third kappa shape index (κ3) is 2.44. The Balaban J connectivity index is 2.32. The summed E-state index contributed by atoms with van der Waals surface area (Å²) in [5, 5.41) is 0. The van der Waals surface area contributed by atoms with Crippen molar-refractivity contribution in [2.75, 3.05) is 0 Å². The topological polar surface area (TPSA) is 34.9 Å². The molecule has 0 bridgehead atoms. The first-order valence-electron chi connectivity index (χ1n) is 5.82. The number of aromatic nitrogens is 2. The Hall–Kier alpha value is -1.90. The number of carbonyl (C=O) groups excluding carboxylic acids is 1. The molecule has 1 aromatic carbocycles. The fourth-order valence-electron chi connectivity index (χ4n) is 1.83. The highest BCUT2D eigenvalue weighted by Gasteiger charge is 2.06. The molecule has 1 heterocycles. The number of benzene rings is 1. The minimum absolute atomic E-state index is 0.693. The van der Waals surface area contributed by atoms with Gasteiger partial charge in [0.2, 0.25) is 0 Å². The second kappa shape index (κ2) is 4.95. The molecule has 0 atom stereocenters. The van der Waals surface area contributed by atoms with E-state index in [4.69, 9.17) is 0 Å². The molecule has 0 unspecified atom stereocenters. The van der Waals surface area contributed by atoms with Crippen LogP contribution < -0.4 is 0 Å². The van der Waals surface area contributed by atoms with Gasteiger partial charge in [0, 0.05) is 30.8 Å². The van der Waals surface area contributed by atoms with Crippen LogP contribution in [0, 0.1) is 0 Å². The largest absolute Gasteiger partial charge is 0.337 e. The van der Waals surface area contributed by atoms with Gasteiger partial charge < -0.3 is 4.57 Å². The van der Waals surface area contributed by atoms with Crippen LogP contribution >= 0.6 is 0 Å². The zero-order chi connectivity index (χ0) is 12.3. The molecule has 0 radical (unpaired) electrons. The summed E-state index contributed by atoms with van der Waals surface area (Å²) < 4.78 is 2.06. The molecule has 0 aliphatic rings. The van der Waals surface area contributed by atoms with Gasteiger partial charge in [-0.15, -0.1) is 0 Å². The average Bonchev–Trinajstić information content (AvgIpc) is 2.72. The second-order valence-corrected chi connectivity index (χ2v) is 4.14. The molecule has 0 saturated carbocycles. The zero-order valence-corrected chi connectivity index (χ0v) is 10.2. The predicted octanol–water partition coefficient (Wildman–Crippen LogP) is 2.85. The van der Waals surface area contributed by atoms with E-state index in [0.29, 0.717) is 5.56 Å². The molecular formula is C14H16N2O. The van der Waals surface area contributed by atoms with Crippen molar-refractivity contribution >= 4 is 6.29 Å². The summed E-state index contributed by atoms with van der Waals surface area (Å²) in [4.78, 5) is 15.2. The molecule has 3 heteroatoms. The van der Waals surface area contributed by atoms with Crippen molar-refractivity contribution < 1.29 is 4.79 Å². The monoisotopic (exact) mass is 228 g/mol. The Kier molecular flexibility index (Phi) is 3.38. The number of aldehydes is 1. The second-order valence-electron chi connectivity index (χ2n) is 4.14. The van der Waals surface area contributed by atoms with Crippen LogP contribution in [-0.4, -0.2) is 15.8 Å². The van der Waals surface area contributed by atoms with E-state index >= 15 is 0 Å². The van der Waals surface area contributed by atoms with Crippen LogP contribution in [0.4, 0.5) is 0 Å². The van der Waals surface area contributed by atoms with E-state index in [-0.39, 0.29) is 0 Å². The maximum atomic E-state index is 10.6. The fourth-order valence-corrected chi connectivity index (χ4v) is 1.83. The third-order valence-electron chi connectivity index (χ3n) is 2.79. The molecule has 0 fully saturated rings. The molecule has 0 N–H and O–H groups in total. The SMILES string of the molecule is CCCc1nc(-c2ccc(C=O)cc2)cn1C. The smallest absolute Gasteiger partial charge is 0.150 e. The normalized spacial score (nSPS) is 10.5. The Morgan fingerprint density at radius 3 is 2.59 bits per heavy atom. The molecule has 0 aliphatic heterocycles. The maximum Gasteiger partial charge on any atom is 0.150 e. The van der Waals surface area contributed by atoms with Crippen LogP contribution in [0.25, 0.3) is 11.3 Å². The lowest BCUT2D eigenvalue weighted by Crippen LogP contribution is -1.95. The van der Waals surface area contributed by atoms with Crippen LogP contribution in [0.5, 0.6) is 0 Å². The molecule has 2 rings (SSSR count). The standard InChI is InChI=1S/C14H16N2O/c1-3-4-14-15-13(9-16(14)2)12-7-5-11(10-17)6-8-12/h5-10H,3-4H2,1-2H3. The van der Waals surface area contributed by atoms with Crippen LogP contribution in [0.1, 0.15) is 29.5 Å². The molecule has 2 aromatic rings. The van der Waals surface area contributed by atoms with Gasteiger partial charge in [-0.25, -0.2) is 4.98 Å². The molecule has 0 saturated heterocycles. The molecule has 0 amide bonds. The van der Waals surface area contributed by atoms with Crippen molar-refractivity contribution in [2.45, 2.75) is 19.8 Å². The predicted molar refractivity (Wildman–Crippen MR) is 68.0 cm³/mol. The van der Waals surface area contributed by atoms with Crippen molar-refractivity contribution in [1.29, 1.82) is 0 Å². The minimum atomic E-state index is 0.693. The van der Waals surface area contributed by atoms with Crippen LogP contribution in [0.2, 0.25) is 0 Å². The van der Waals surface area contributed by atoms with Gasteiger partial charge in [0.15, 0.2) is 0 Å². The number of nitrogens with zero attached hydrogens (tertiary/aromatic N) is 2. The van der Waals surface area contributed by atoms with Gasteiger partial charge in [0.25, 0.3) is 0 Å². The quantitative estimate of drug-likeness (QED) is 0.754. The molecule has 0 spiro atoms. The zero-order valence-electron chi connectivity index (χ0n) is 10.2. The first-order valence-corrected chi connectivity index (χ1v) is 5.82. The number of aryl methyl sites for hydroxylation is 2. The van der Waals surface area contributed by atoms with E-state index in [1.807, 2.05) is 37.5 Å². The number of hydrogen-bond donors (Lipinski definition) is 0. The molecule has 1 aromatic heterocycles. The summed E-state index contributed by atoms with van der Waals surface area (Å²) >= 11 is 0. The van der Waals surface area contributed by atoms with Crippen LogP contribution in [0.15, 0.2) is 30.5 Å². The Morgan fingerprint density at radius 1 is 1.29 bits per heavy atom. The van der Waals surface area contributed by atoms with Crippen LogP contribution in [-0.2, 0) is 13.5 Å². The van der Waals surface area contributed by atoms with Gasteiger partial charge in [-0.1, -0.05) is 31.2 Å². The van der Waals surface area contributed by atoms with Crippen molar-refractivity contribution in [3.63, 3.8) is 0 Å². The summed E-state index contributed by atoms with van der Waals surface area (Å²) in [5.41, 5.74) is 2.71. The maximum absolute atomic E-state index is 10.6. The summed E-state index contributed by atoms with van der Waals surface area (Å²) in [6.45, 7) is 2.15. The lowest BCUT2D eigenvalue weighted by molar-refractivity contribution is 0.112. The number of rotatable bonds is 4. The summed E-state index contributed by atoms with van der Waals surface area (Å²) in [7, 11) is 2.02. The Bertz CT molecular complexity index is 512. The Morgan fingerprint density at radius 2 is 2.00 bits per heavy atom. The van der Waals surface area contributed by atoms with Crippen molar-refractivity contribution in [2.24, 2.45) is 7.05 Å². The highest BCUT2D eigenvalue weighted by molar-refractivity contribution is 5.76. The van der Waals surface area contributed by atoms with E-state index < -0.39 is 0 Å². The van der Waals surface area contributed by atoms with Gasteiger partial charge in [0.1, 0.15) is 12.1 Å². The number of imidazole rings is 1. The molecule has 17 heavy (non-hydrogen) atoms. The lowest BCUT2D eigenvalue weighted by Gasteiger charge is -1.96. The molecule has 88 valence electrons. The van der Waals surface area contributed by atoms with E-state index in [1.165, 1.54) is 0 Å². The van der Waals surface area contributed by atoms with E-state index in [0.717, 1.165) is 36.2 Å². The minimum Gasteiger partial charge on any atom is -0.337 e. The van der Waals surface area contributed by atoms with Crippen LogP contribution in [0.3, 0.4) is 0 Å². The fraction of sp³-hybridized carbons (Fsp3) is 0.286. The van der Waals surface area contributed by atoms with E-state index in [9.17, 15) is 4.79 Å². The summed E-state index contributed by atoms with van der Waals surface area (Å²) in [5.74, 6) is 1.10. The average molecular weight is 228 g/mol. The van der Waals surface area contributed by atoms with Gasteiger partial charge in [-0.2, -0.15) is 0 Å². The van der Waals surface area contributed by atoms with Gasteiger partial charge in [0.05, 0.1) is 5.69 Å². The van der Waals surface area contributed by atoms with Gasteiger partial charge >= 0.3 is 0 Å². The summed E-state index contributed by atoms with van der Waals surface area (Å²) in [6.07, 6.45) is 4.96. The van der Waals surface area contributed by atoms with Gasteiger partial charge in [-0.3, -0.25) is 4.79 Å². The van der Waals surface area contributed by atoms with Gasteiger partial charge in [-0.05, 0) is 6.42 Å². The molecular weight excluding hydrogens is 212 g/mol. The third-order valence-corrected chi connectivity index (χ3v) is 2.79. The molecule has 0 aliphatic carbocycles. The lowest BCUT2D eigenvalue weighted by atomic mass is 10.1. The first-order chi connectivity index (χ1) is 8.24. The number of hydrogen-bond acceptors (Lipinski definition) is 2. The van der Waals surface area contributed by atoms with Crippen molar-refractivity contribution in [1.82, 2.24) is 9.55 Å². The first kappa shape index (κ1) is 11.6. The Labute approximate surface area is 101 Å². The van der Waals surface area contributed by atoms with E-state index in [1.54, 1.807) is 0 Å². The van der Waals surface area contributed by atoms with E-state index in [2.05, 4.69) is 16.5 Å².